The number of carbonyl (C=O) groups is 2. The second-order valence-corrected chi connectivity index (χ2v) is 4.98. The van der Waals surface area contributed by atoms with Gasteiger partial charge in [-0.1, -0.05) is 30.3 Å². The maximum atomic E-state index is 11.6. The molecular formula is C12H14N2O3S. The van der Waals surface area contributed by atoms with Crippen molar-refractivity contribution in [1.82, 2.24) is 5.32 Å². The summed E-state index contributed by atoms with van der Waals surface area (Å²) in [5, 5.41) is 3.18. The van der Waals surface area contributed by atoms with Crippen LogP contribution in [0.1, 0.15) is 10.9 Å². The van der Waals surface area contributed by atoms with Gasteiger partial charge in [0.2, 0.25) is 0 Å². The summed E-state index contributed by atoms with van der Waals surface area (Å²) in [7, 11) is 0. The van der Waals surface area contributed by atoms with E-state index in [1.54, 1.807) is 11.8 Å². The second kappa shape index (κ2) is 5.99. The van der Waals surface area contributed by atoms with Gasteiger partial charge in [-0.2, -0.15) is 0 Å². The first-order valence-corrected chi connectivity index (χ1v) is 6.63. The number of carbonyl (C=O) groups excluding carboxylic acids is 2. The number of benzene rings is 1. The second-order valence-electron chi connectivity index (χ2n) is 3.84. The van der Waals surface area contributed by atoms with Gasteiger partial charge in [-0.25, -0.2) is 4.79 Å². The number of hydrogen-bond acceptors (Lipinski definition) is 6. The summed E-state index contributed by atoms with van der Waals surface area (Å²) >= 11 is 1.61. The Morgan fingerprint density at radius 1 is 1.39 bits per heavy atom. The zero-order chi connectivity index (χ0) is 13.0. The molecule has 0 aromatic heterocycles. The van der Waals surface area contributed by atoms with Gasteiger partial charge >= 0.3 is 11.9 Å². The van der Waals surface area contributed by atoms with Crippen LogP contribution in [-0.2, 0) is 14.3 Å². The van der Waals surface area contributed by atoms with Crippen LogP contribution in [-0.4, -0.2) is 30.3 Å². The molecule has 2 atom stereocenters. The summed E-state index contributed by atoms with van der Waals surface area (Å²) in [6, 6.07) is 9.35. The zero-order valence-corrected chi connectivity index (χ0v) is 10.5. The Kier molecular flexibility index (Phi) is 4.35. The molecule has 96 valence electrons. The van der Waals surface area contributed by atoms with Crippen molar-refractivity contribution in [3.8, 4) is 0 Å². The summed E-state index contributed by atoms with van der Waals surface area (Å²) in [5.41, 5.74) is 6.18. The average molecular weight is 266 g/mol. The van der Waals surface area contributed by atoms with E-state index >= 15 is 0 Å². The SMILES string of the molecule is NCC(=O)OC(=O)C1CSC(c2ccccc2)N1. The molecule has 1 aromatic rings. The van der Waals surface area contributed by atoms with Crippen LogP contribution in [0.5, 0.6) is 0 Å². The number of ether oxygens (including phenoxy) is 1. The minimum atomic E-state index is -0.699. The summed E-state index contributed by atoms with van der Waals surface area (Å²) < 4.78 is 4.59. The third kappa shape index (κ3) is 3.10. The first-order chi connectivity index (χ1) is 8.70. The van der Waals surface area contributed by atoms with E-state index in [1.165, 1.54) is 0 Å². The molecule has 5 nitrogen and oxygen atoms in total. The lowest BCUT2D eigenvalue weighted by atomic mass is 10.2. The largest absolute Gasteiger partial charge is 0.391 e. The Morgan fingerprint density at radius 3 is 2.78 bits per heavy atom. The minimum Gasteiger partial charge on any atom is -0.391 e. The van der Waals surface area contributed by atoms with Crippen LogP contribution < -0.4 is 11.1 Å². The molecule has 3 N–H and O–H groups in total. The fourth-order valence-corrected chi connectivity index (χ4v) is 2.88. The summed E-state index contributed by atoms with van der Waals surface area (Å²) in [6.45, 7) is -0.284. The molecular weight excluding hydrogens is 252 g/mol. The molecule has 1 heterocycles. The Bertz CT molecular complexity index is 438. The van der Waals surface area contributed by atoms with Crippen molar-refractivity contribution < 1.29 is 14.3 Å². The van der Waals surface area contributed by atoms with E-state index in [2.05, 4.69) is 10.1 Å². The van der Waals surface area contributed by atoms with Crippen LogP contribution in [0, 0.1) is 0 Å². The van der Waals surface area contributed by atoms with Crippen LogP contribution in [0.2, 0.25) is 0 Å². The van der Waals surface area contributed by atoms with Gasteiger partial charge in [0.1, 0.15) is 6.04 Å². The van der Waals surface area contributed by atoms with E-state index in [0.717, 1.165) is 5.56 Å². The maximum absolute atomic E-state index is 11.6. The van der Waals surface area contributed by atoms with E-state index < -0.39 is 18.0 Å². The van der Waals surface area contributed by atoms with Crippen LogP contribution in [0.15, 0.2) is 30.3 Å². The first kappa shape index (κ1) is 13.1. The van der Waals surface area contributed by atoms with Gasteiger partial charge in [-0.3, -0.25) is 10.1 Å². The third-order valence-electron chi connectivity index (χ3n) is 2.55. The van der Waals surface area contributed by atoms with Gasteiger partial charge in [-0.05, 0) is 5.56 Å². The molecule has 0 aliphatic carbocycles. The summed E-state index contributed by atoms with van der Waals surface area (Å²) in [4.78, 5) is 22.5. The van der Waals surface area contributed by atoms with Crippen LogP contribution in [0.25, 0.3) is 0 Å². The highest BCUT2D eigenvalue weighted by Crippen LogP contribution is 2.32. The normalized spacial score (nSPS) is 22.7. The smallest absolute Gasteiger partial charge is 0.331 e. The Hall–Kier alpha value is -1.37. The van der Waals surface area contributed by atoms with Crippen LogP contribution in [0.3, 0.4) is 0 Å². The van der Waals surface area contributed by atoms with E-state index in [-0.39, 0.29) is 11.9 Å². The molecule has 18 heavy (non-hydrogen) atoms. The molecule has 1 aliphatic rings. The molecule has 1 saturated heterocycles. The Labute approximate surface area is 109 Å². The Balaban J connectivity index is 1.92. The van der Waals surface area contributed by atoms with Gasteiger partial charge in [0.25, 0.3) is 0 Å². The lowest BCUT2D eigenvalue weighted by Crippen LogP contribution is -2.37. The van der Waals surface area contributed by atoms with Crippen molar-refractivity contribution in [2.75, 3.05) is 12.3 Å². The molecule has 0 bridgehead atoms. The highest BCUT2D eigenvalue weighted by atomic mass is 32.2. The lowest BCUT2D eigenvalue weighted by Gasteiger charge is -2.12. The maximum Gasteiger partial charge on any atom is 0.331 e. The predicted molar refractivity (Wildman–Crippen MR) is 68.7 cm³/mol. The van der Waals surface area contributed by atoms with Crippen molar-refractivity contribution in [3.05, 3.63) is 35.9 Å². The zero-order valence-electron chi connectivity index (χ0n) is 9.67. The summed E-state index contributed by atoms with van der Waals surface area (Å²) in [6.07, 6.45) is 0. The molecule has 0 radical (unpaired) electrons. The highest BCUT2D eigenvalue weighted by molar-refractivity contribution is 7.99. The van der Waals surface area contributed by atoms with Crippen molar-refractivity contribution in [3.63, 3.8) is 0 Å². The first-order valence-electron chi connectivity index (χ1n) is 5.58. The molecule has 2 unspecified atom stereocenters. The summed E-state index contributed by atoms with van der Waals surface area (Å²) in [5.74, 6) is -0.678. The van der Waals surface area contributed by atoms with Gasteiger partial charge in [0.05, 0.1) is 11.9 Å². The van der Waals surface area contributed by atoms with E-state index in [1.807, 2.05) is 30.3 Å². The van der Waals surface area contributed by atoms with Gasteiger partial charge in [0.15, 0.2) is 0 Å². The van der Waals surface area contributed by atoms with E-state index in [0.29, 0.717) is 5.75 Å². The fourth-order valence-electron chi connectivity index (χ4n) is 1.65. The molecule has 2 rings (SSSR count). The standard InChI is InChI=1S/C12H14N2O3S/c13-6-10(15)17-12(16)9-7-18-11(14-9)8-4-2-1-3-5-8/h1-5,9,11,14H,6-7,13H2. The third-order valence-corrected chi connectivity index (χ3v) is 3.82. The monoisotopic (exact) mass is 266 g/mol. The molecule has 0 amide bonds. The quantitative estimate of drug-likeness (QED) is 0.609. The van der Waals surface area contributed by atoms with Crippen molar-refractivity contribution in [1.29, 1.82) is 0 Å². The molecule has 1 fully saturated rings. The van der Waals surface area contributed by atoms with Crippen molar-refractivity contribution >= 4 is 23.7 Å². The lowest BCUT2D eigenvalue weighted by molar-refractivity contribution is -0.159. The topological polar surface area (TPSA) is 81.4 Å². The molecule has 6 heteroatoms. The van der Waals surface area contributed by atoms with Crippen molar-refractivity contribution in [2.24, 2.45) is 5.73 Å². The van der Waals surface area contributed by atoms with Crippen LogP contribution >= 0.6 is 11.8 Å². The molecule has 0 spiro atoms. The minimum absolute atomic E-state index is 0.0525. The van der Waals surface area contributed by atoms with Gasteiger partial charge < -0.3 is 10.5 Å². The van der Waals surface area contributed by atoms with Crippen LogP contribution in [0.4, 0.5) is 0 Å². The molecule has 1 aliphatic heterocycles. The Morgan fingerprint density at radius 2 is 2.11 bits per heavy atom. The average Bonchev–Trinajstić information content (AvgIpc) is 2.89. The molecule has 1 aromatic carbocycles. The molecule has 0 saturated carbocycles. The van der Waals surface area contributed by atoms with E-state index in [4.69, 9.17) is 5.73 Å². The number of nitrogens with two attached hydrogens (primary N) is 1. The van der Waals surface area contributed by atoms with E-state index in [9.17, 15) is 9.59 Å². The highest BCUT2D eigenvalue weighted by Gasteiger charge is 2.32. The fraction of sp³-hybridized carbons (Fsp3) is 0.333. The number of esters is 2. The van der Waals surface area contributed by atoms with Gasteiger partial charge in [-0.15, -0.1) is 11.8 Å². The number of rotatable bonds is 3. The number of thioether (sulfide) groups is 1. The van der Waals surface area contributed by atoms with Gasteiger partial charge in [0, 0.05) is 5.75 Å². The van der Waals surface area contributed by atoms with Crippen molar-refractivity contribution in [2.45, 2.75) is 11.4 Å². The number of nitrogens with one attached hydrogen (secondary N) is 1. The predicted octanol–water partition coefficient (Wildman–Crippen LogP) is 0.419. The number of hydrogen-bond donors (Lipinski definition) is 2.